The van der Waals surface area contributed by atoms with Gasteiger partial charge in [-0.05, 0) is 19.1 Å². The van der Waals surface area contributed by atoms with Crippen LogP contribution in [0.25, 0.3) is 0 Å². The van der Waals surface area contributed by atoms with Crippen LogP contribution in [-0.4, -0.2) is 17.6 Å². The molecule has 0 aliphatic rings. The van der Waals surface area contributed by atoms with Crippen LogP contribution in [0.5, 0.6) is 0 Å². The van der Waals surface area contributed by atoms with Crippen molar-refractivity contribution >= 4 is 5.82 Å². The van der Waals surface area contributed by atoms with Crippen LogP contribution < -0.4 is 11.1 Å². The molecule has 1 rings (SSSR count). The zero-order valence-electron chi connectivity index (χ0n) is 7.49. The number of aromatic nitrogens is 1. The Labute approximate surface area is 77.4 Å². The van der Waals surface area contributed by atoms with Gasteiger partial charge in [0.05, 0.1) is 5.56 Å². The third-order valence-corrected chi connectivity index (χ3v) is 1.52. The van der Waals surface area contributed by atoms with Crippen LogP contribution in [0.15, 0.2) is 18.3 Å². The lowest BCUT2D eigenvalue weighted by Crippen LogP contribution is -2.25. The first kappa shape index (κ1) is 9.49. The standard InChI is InChI=1S/C9H12N4/c1-7(11)6-13-9-8(5-10)3-2-4-12-9/h2-4,7H,6,11H2,1H3,(H,12,13). The van der Waals surface area contributed by atoms with E-state index in [2.05, 4.69) is 16.4 Å². The van der Waals surface area contributed by atoms with Crippen molar-refractivity contribution in [3.63, 3.8) is 0 Å². The van der Waals surface area contributed by atoms with E-state index in [1.54, 1.807) is 18.3 Å². The number of nitrogens with zero attached hydrogens (tertiary/aromatic N) is 2. The normalized spacial score (nSPS) is 11.8. The first-order valence-electron chi connectivity index (χ1n) is 4.08. The third-order valence-electron chi connectivity index (χ3n) is 1.52. The van der Waals surface area contributed by atoms with Gasteiger partial charge in [0.15, 0.2) is 0 Å². The Morgan fingerprint density at radius 2 is 2.54 bits per heavy atom. The Morgan fingerprint density at radius 3 is 3.15 bits per heavy atom. The molecule has 1 unspecified atom stereocenters. The van der Waals surface area contributed by atoms with Gasteiger partial charge >= 0.3 is 0 Å². The van der Waals surface area contributed by atoms with Crippen molar-refractivity contribution in [3.8, 4) is 6.07 Å². The minimum atomic E-state index is 0.0496. The van der Waals surface area contributed by atoms with E-state index in [9.17, 15) is 0 Å². The maximum Gasteiger partial charge on any atom is 0.143 e. The topological polar surface area (TPSA) is 74.7 Å². The smallest absolute Gasteiger partial charge is 0.143 e. The highest BCUT2D eigenvalue weighted by Crippen LogP contribution is 2.08. The molecule has 0 fully saturated rings. The van der Waals surface area contributed by atoms with Crippen LogP contribution in [0, 0.1) is 11.3 Å². The monoisotopic (exact) mass is 176 g/mol. The number of nitrogens with two attached hydrogens (primary N) is 1. The molecule has 1 aromatic rings. The van der Waals surface area contributed by atoms with Crippen molar-refractivity contribution in [2.45, 2.75) is 13.0 Å². The molecular formula is C9H12N4. The van der Waals surface area contributed by atoms with Crippen molar-refractivity contribution in [2.24, 2.45) is 5.73 Å². The van der Waals surface area contributed by atoms with Gasteiger partial charge in [-0.15, -0.1) is 0 Å². The van der Waals surface area contributed by atoms with Gasteiger partial charge in [0, 0.05) is 18.8 Å². The van der Waals surface area contributed by atoms with Crippen molar-refractivity contribution in [2.75, 3.05) is 11.9 Å². The van der Waals surface area contributed by atoms with Crippen LogP contribution >= 0.6 is 0 Å². The van der Waals surface area contributed by atoms with Crippen molar-refractivity contribution in [1.29, 1.82) is 5.26 Å². The van der Waals surface area contributed by atoms with E-state index in [4.69, 9.17) is 11.0 Å². The average Bonchev–Trinajstić information content (AvgIpc) is 2.15. The first-order valence-corrected chi connectivity index (χ1v) is 4.08. The predicted molar refractivity (Wildman–Crippen MR) is 51.1 cm³/mol. The molecule has 0 bridgehead atoms. The van der Waals surface area contributed by atoms with Gasteiger partial charge in [-0.1, -0.05) is 0 Å². The summed E-state index contributed by atoms with van der Waals surface area (Å²) in [5, 5.41) is 11.7. The molecule has 1 aromatic heterocycles. The van der Waals surface area contributed by atoms with Crippen molar-refractivity contribution in [1.82, 2.24) is 4.98 Å². The van der Waals surface area contributed by atoms with E-state index in [1.165, 1.54) is 0 Å². The largest absolute Gasteiger partial charge is 0.367 e. The van der Waals surface area contributed by atoms with E-state index in [0.717, 1.165) is 0 Å². The molecule has 13 heavy (non-hydrogen) atoms. The van der Waals surface area contributed by atoms with E-state index in [0.29, 0.717) is 17.9 Å². The number of pyridine rings is 1. The fraction of sp³-hybridized carbons (Fsp3) is 0.333. The molecule has 0 radical (unpaired) electrons. The van der Waals surface area contributed by atoms with Crippen molar-refractivity contribution in [3.05, 3.63) is 23.9 Å². The molecular weight excluding hydrogens is 164 g/mol. The summed E-state index contributed by atoms with van der Waals surface area (Å²) in [6.45, 7) is 2.51. The summed E-state index contributed by atoms with van der Waals surface area (Å²) in [4.78, 5) is 4.03. The Balaban J connectivity index is 2.71. The maximum atomic E-state index is 8.72. The molecule has 1 atom stereocenters. The zero-order valence-corrected chi connectivity index (χ0v) is 7.49. The number of rotatable bonds is 3. The molecule has 0 saturated carbocycles. The Morgan fingerprint density at radius 1 is 1.77 bits per heavy atom. The SMILES string of the molecule is CC(N)CNc1ncccc1C#N. The molecule has 4 nitrogen and oxygen atoms in total. The average molecular weight is 176 g/mol. The van der Waals surface area contributed by atoms with Gasteiger partial charge in [-0.3, -0.25) is 0 Å². The van der Waals surface area contributed by atoms with Crippen LogP contribution in [0.3, 0.4) is 0 Å². The van der Waals surface area contributed by atoms with Crippen LogP contribution in [0.1, 0.15) is 12.5 Å². The molecule has 0 aromatic carbocycles. The first-order chi connectivity index (χ1) is 6.24. The highest BCUT2D eigenvalue weighted by atomic mass is 15.0. The Hall–Kier alpha value is -1.60. The van der Waals surface area contributed by atoms with Gasteiger partial charge in [0.1, 0.15) is 11.9 Å². The van der Waals surface area contributed by atoms with Crippen molar-refractivity contribution < 1.29 is 0 Å². The highest BCUT2D eigenvalue weighted by Gasteiger charge is 2.01. The van der Waals surface area contributed by atoms with E-state index >= 15 is 0 Å². The molecule has 0 aliphatic heterocycles. The van der Waals surface area contributed by atoms with Crippen LogP contribution in [0.4, 0.5) is 5.82 Å². The number of anilines is 1. The number of hydrogen-bond acceptors (Lipinski definition) is 4. The van der Waals surface area contributed by atoms with Gasteiger partial charge in [0.2, 0.25) is 0 Å². The zero-order chi connectivity index (χ0) is 9.68. The number of nitrogens with one attached hydrogen (secondary N) is 1. The van der Waals surface area contributed by atoms with Crippen LogP contribution in [-0.2, 0) is 0 Å². The molecule has 0 aliphatic carbocycles. The fourth-order valence-corrected chi connectivity index (χ4v) is 0.894. The van der Waals surface area contributed by atoms with Gasteiger partial charge in [-0.25, -0.2) is 4.98 Å². The molecule has 3 N–H and O–H groups in total. The van der Waals surface area contributed by atoms with E-state index in [1.807, 2.05) is 6.92 Å². The summed E-state index contributed by atoms with van der Waals surface area (Å²) in [6.07, 6.45) is 1.64. The second-order valence-electron chi connectivity index (χ2n) is 2.87. The lowest BCUT2D eigenvalue weighted by atomic mass is 10.2. The van der Waals surface area contributed by atoms with Gasteiger partial charge in [0.25, 0.3) is 0 Å². The lowest BCUT2D eigenvalue weighted by Gasteiger charge is -2.08. The lowest BCUT2D eigenvalue weighted by molar-refractivity contribution is 0.777. The molecule has 1 heterocycles. The molecule has 68 valence electrons. The minimum absolute atomic E-state index is 0.0496. The van der Waals surface area contributed by atoms with E-state index in [-0.39, 0.29) is 6.04 Å². The summed E-state index contributed by atoms with van der Waals surface area (Å²) in [7, 11) is 0. The highest BCUT2D eigenvalue weighted by molar-refractivity contribution is 5.51. The van der Waals surface area contributed by atoms with Gasteiger partial charge < -0.3 is 11.1 Å². The summed E-state index contributed by atoms with van der Waals surface area (Å²) in [5.41, 5.74) is 6.10. The summed E-state index contributed by atoms with van der Waals surface area (Å²) in [5.74, 6) is 0.599. The minimum Gasteiger partial charge on any atom is -0.367 e. The van der Waals surface area contributed by atoms with Crippen LogP contribution in [0.2, 0.25) is 0 Å². The molecule has 0 amide bonds. The molecule has 0 spiro atoms. The third kappa shape index (κ3) is 2.73. The second kappa shape index (κ2) is 4.43. The summed E-state index contributed by atoms with van der Waals surface area (Å²) >= 11 is 0. The number of hydrogen-bond donors (Lipinski definition) is 2. The summed E-state index contributed by atoms with van der Waals surface area (Å²) in [6, 6.07) is 5.55. The Bertz CT molecular complexity index is 314. The van der Waals surface area contributed by atoms with Gasteiger partial charge in [-0.2, -0.15) is 5.26 Å². The maximum absolute atomic E-state index is 8.72. The molecule has 0 saturated heterocycles. The Kier molecular flexibility index (Phi) is 3.23. The second-order valence-corrected chi connectivity index (χ2v) is 2.87. The summed E-state index contributed by atoms with van der Waals surface area (Å²) < 4.78 is 0. The fourth-order valence-electron chi connectivity index (χ4n) is 0.894. The quantitative estimate of drug-likeness (QED) is 0.711. The number of nitriles is 1. The predicted octanol–water partition coefficient (Wildman–Crippen LogP) is 0.712. The molecule has 4 heteroatoms. The van der Waals surface area contributed by atoms with E-state index < -0.39 is 0 Å².